The maximum atomic E-state index is 8.93. The minimum atomic E-state index is 0.695. The number of nitriles is 1. The summed E-state index contributed by atoms with van der Waals surface area (Å²) in [6.45, 7) is 7.69. The zero-order valence-electron chi connectivity index (χ0n) is 12.0. The number of hydrogen-bond donors (Lipinski definition) is 0. The van der Waals surface area contributed by atoms with Gasteiger partial charge in [0.25, 0.3) is 0 Å². The van der Waals surface area contributed by atoms with Crippen LogP contribution in [-0.2, 0) is 5.75 Å². The normalized spacial score (nSPS) is 10.5. The van der Waals surface area contributed by atoms with Crippen molar-refractivity contribution in [2.75, 3.05) is 32.5 Å². The van der Waals surface area contributed by atoms with Crippen LogP contribution < -0.4 is 4.74 Å². The van der Waals surface area contributed by atoms with Crippen molar-refractivity contribution in [3.63, 3.8) is 0 Å². The Morgan fingerprint density at radius 1 is 1.32 bits per heavy atom. The molecule has 0 aliphatic carbocycles. The summed E-state index contributed by atoms with van der Waals surface area (Å²) < 4.78 is 5.33. The second-order valence-electron chi connectivity index (χ2n) is 4.22. The fourth-order valence-electron chi connectivity index (χ4n) is 1.88. The van der Waals surface area contributed by atoms with Crippen LogP contribution in [0.2, 0.25) is 0 Å². The molecule has 0 aliphatic heterocycles. The predicted molar refractivity (Wildman–Crippen MR) is 81.7 cm³/mol. The van der Waals surface area contributed by atoms with Crippen molar-refractivity contribution in [1.82, 2.24) is 4.90 Å². The fourth-order valence-corrected chi connectivity index (χ4v) is 2.85. The standard InChI is InChI=1S/C15H22N2OS/c1-4-17(5-2)8-9-19-12-14-10-13(11-16)6-7-15(14)18-3/h6-7,10H,4-5,8-9,12H2,1-3H3. The van der Waals surface area contributed by atoms with Crippen molar-refractivity contribution in [2.45, 2.75) is 19.6 Å². The van der Waals surface area contributed by atoms with E-state index in [2.05, 4.69) is 24.8 Å². The summed E-state index contributed by atoms with van der Waals surface area (Å²) in [5, 5.41) is 8.93. The second kappa shape index (κ2) is 8.84. The van der Waals surface area contributed by atoms with E-state index in [0.29, 0.717) is 5.56 Å². The van der Waals surface area contributed by atoms with Gasteiger partial charge in [-0.05, 0) is 31.3 Å². The molecule has 0 spiro atoms. The monoisotopic (exact) mass is 278 g/mol. The number of ether oxygens (including phenoxy) is 1. The molecule has 3 nitrogen and oxygen atoms in total. The summed E-state index contributed by atoms with van der Waals surface area (Å²) in [5.41, 5.74) is 1.80. The molecule has 0 aliphatic rings. The first-order valence-corrected chi connectivity index (χ1v) is 7.77. The lowest BCUT2D eigenvalue weighted by atomic mass is 10.1. The highest BCUT2D eigenvalue weighted by Gasteiger charge is 2.05. The van der Waals surface area contributed by atoms with Crippen LogP contribution in [0.4, 0.5) is 0 Å². The molecule has 0 N–H and O–H groups in total. The largest absolute Gasteiger partial charge is 0.496 e. The third kappa shape index (κ3) is 5.14. The SMILES string of the molecule is CCN(CC)CCSCc1cc(C#N)ccc1OC. The van der Waals surface area contributed by atoms with Crippen molar-refractivity contribution >= 4 is 11.8 Å². The van der Waals surface area contributed by atoms with Gasteiger partial charge in [0.05, 0.1) is 18.7 Å². The molecule has 0 saturated heterocycles. The van der Waals surface area contributed by atoms with Gasteiger partial charge in [0.2, 0.25) is 0 Å². The second-order valence-corrected chi connectivity index (χ2v) is 5.32. The number of hydrogen-bond acceptors (Lipinski definition) is 4. The quantitative estimate of drug-likeness (QED) is 0.684. The van der Waals surface area contributed by atoms with Crippen LogP contribution in [0.25, 0.3) is 0 Å². The Bertz CT molecular complexity index is 425. The molecular formula is C15H22N2OS. The molecule has 0 radical (unpaired) electrons. The van der Waals surface area contributed by atoms with Crippen LogP contribution in [0, 0.1) is 11.3 Å². The van der Waals surface area contributed by atoms with Crippen molar-refractivity contribution in [2.24, 2.45) is 0 Å². The lowest BCUT2D eigenvalue weighted by Gasteiger charge is -2.17. The average molecular weight is 278 g/mol. The van der Waals surface area contributed by atoms with Crippen LogP contribution in [0.3, 0.4) is 0 Å². The van der Waals surface area contributed by atoms with Gasteiger partial charge in [-0.1, -0.05) is 13.8 Å². The molecule has 0 saturated carbocycles. The minimum Gasteiger partial charge on any atom is -0.496 e. The molecule has 0 aromatic heterocycles. The van der Waals surface area contributed by atoms with Crippen LogP contribution in [0.1, 0.15) is 25.0 Å². The molecule has 4 heteroatoms. The van der Waals surface area contributed by atoms with E-state index in [1.165, 1.54) is 0 Å². The summed E-state index contributed by atoms with van der Waals surface area (Å²) in [4.78, 5) is 2.41. The number of methoxy groups -OCH3 is 1. The van der Waals surface area contributed by atoms with Gasteiger partial charge in [0.15, 0.2) is 0 Å². The Labute approximate surface area is 120 Å². The molecule has 19 heavy (non-hydrogen) atoms. The van der Waals surface area contributed by atoms with Gasteiger partial charge in [-0.15, -0.1) is 0 Å². The summed E-state index contributed by atoms with van der Waals surface area (Å²) >= 11 is 1.88. The molecule has 1 aromatic rings. The Morgan fingerprint density at radius 2 is 2.05 bits per heavy atom. The number of thioether (sulfide) groups is 1. The topological polar surface area (TPSA) is 36.3 Å². The third-order valence-electron chi connectivity index (χ3n) is 3.11. The smallest absolute Gasteiger partial charge is 0.122 e. The van der Waals surface area contributed by atoms with E-state index in [4.69, 9.17) is 10.00 Å². The van der Waals surface area contributed by atoms with E-state index in [1.807, 2.05) is 23.9 Å². The van der Waals surface area contributed by atoms with Crippen molar-refractivity contribution in [1.29, 1.82) is 5.26 Å². The Kier molecular flexibility index (Phi) is 7.39. The van der Waals surface area contributed by atoms with Gasteiger partial charge in [0, 0.05) is 23.6 Å². The number of nitrogens with zero attached hydrogens (tertiary/aromatic N) is 2. The van der Waals surface area contributed by atoms with Crippen LogP contribution in [0.15, 0.2) is 18.2 Å². The molecule has 0 amide bonds. The van der Waals surface area contributed by atoms with Gasteiger partial charge in [0.1, 0.15) is 5.75 Å². The molecular weight excluding hydrogens is 256 g/mol. The first-order chi connectivity index (χ1) is 9.24. The molecule has 0 fully saturated rings. The first-order valence-electron chi connectivity index (χ1n) is 6.62. The fraction of sp³-hybridized carbons (Fsp3) is 0.533. The zero-order chi connectivity index (χ0) is 14.1. The zero-order valence-corrected chi connectivity index (χ0v) is 12.8. The highest BCUT2D eigenvalue weighted by molar-refractivity contribution is 7.98. The van der Waals surface area contributed by atoms with Gasteiger partial charge >= 0.3 is 0 Å². The summed E-state index contributed by atoms with van der Waals surface area (Å²) in [6, 6.07) is 7.76. The predicted octanol–water partition coefficient (Wildman–Crippen LogP) is 3.14. The van der Waals surface area contributed by atoms with Gasteiger partial charge in [-0.25, -0.2) is 0 Å². The van der Waals surface area contributed by atoms with E-state index in [0.717, 1.165) is 42.5 Å². The molecule has 0 bridgehead atoms. The van der Waals surface area contributed by atoms with Gasteiger partial charge in [-0.3, -0.25) is 0 Å². The van der Waals surface area contributed by atoms with E-state index < -0.39 is 0 Å². The summed E-state index contributed by atoms with van der Waals surface area (Å²) in [6.07, 6.45) is 0. The Morgan fingerprint density at radius 3 is 2.63 bits per heavy atom. The molecule has 104 valence electrons. The lowest BCUT2D eigenvalue weighted by molar-refractivity contribution is 0.324. The molecule has 0 atom stereocenters. The maximum Gasteiger partial charge on any atom is 0.122 e. The molecule has 0 unspecified atom stereocenters. The van der Waals surface area contributed by atoms with E-state index in [9.17, 15) is 0 Å². The number of rotatable bonds is 8. The first kappa shape index (κ1) is 15.9. The van der Waals surface area contributed by atoms with Crippen molar-refractivity contribution < 1.29 is 4.74 Å². The van der Waals surface area contributed by atoms with Gasteiger partial charge < -0.3 is 9.64 Å². The van der Waals surface area contributed by atoms with Crippen LogP contribution in [-0.4, -0.2) is 37.4 Å². The summed E-state index contributed by atoms with van der Waals surface area (Å²) in [5.74, 6) is 2.86. The van der Waals surface area contributed by atoms with E-state index >= 15 is 0 Å². The third-order valence-corrected chi connectivity index (χ3v) is 4.10. The van der Waals surface area contributed by atoms with E-state index in [1.54, 1.807) is 13.2 Å². The van der Waals surface area contributed by atoms with Gasteiger partial charge in [-0.2, -0.15) is 17.0 Å². The highest BCUT2D eigenvalue weighted by Crippen LogP contribution is 2.24. The van der Waals surface area contributed by atoms with Crippen molar-refractivity contribution in [3.05, 3.63) is 29.3 Å². The Hall–Kier alpha value is -1.18. The van der Waals surface area contributed by atoms with Crippen LogP contribution >= 0.6 is 11.8 Å². The molecule has 1 rings (SSSR count). The maximum absolute atomic E-state index is 8.93. The number of benzene rings is 1. The van der Waals surface area contributed by atoms with E-state index in [-0.39, 0.29) is 0 Å². The highest BCUT2D eigenvalue weighted by atomic mass is 32.2. The van der Waals surface area contributed by atoms with Crippen molar-refractivity contribution in [3.8, 4) is 11.8 Å². The van der Waals surface area contributed by atoms with Crippen LogP contribution in [0.5, 0.6) is 5.75 Å². The molecule has 0 heterocycles. The minimum absolute atomic E-state index is 0.695. The lowest BCUT2D eigenvalue weighted by Crippen LogP contribution is -2.25. The Balaban J connectivity index is 2.50. The summed E-state index contributed by atoms with van der Waals surface area (Å²) in [7, 11) is 1.67. The molecule has 1 aromatic carbocycles. The average Bonchev–Trinajstić information content (AvgIpc) is 2.47.